The fraction of sp³-hybridized carbons (Fsp3) is 0. The largest absolute Gasteiger partial charge is 0.344 e. The molecule has 0 spiro atoms. The number of carbonyl (C=O) groups is 2. The van der Waals surface area contributed by atoms with E-state index in [1.165, 1.54) is 18.2 Å². The molecule has 7 heteroatoms. The minimum atomic E-state index is -0.853. The van der Waals surface area contributed by atoms with Crippen molar-refractivity contribution in [1.82, 2.24) is 10.9 Å². The number of imide groups is 1. The molecule has 0 aliphatic rings. The molecule has 108 valence electrons. The average molecular weight is 288 g/mol. The monoisotopic (exact) mass is 288 g/mol. The summed E-state index contributed by atoms with van der Waals surface area (Å²) < 4.78 is 13.5. The number of nitrogens with one attached hydrogen (secondary N) is 2. The van der Waals surface area contributed by atoms with Crippen molar-refractivity contribution in [1.29, 1.82) is 0 Å². The summed E-state index contributed by atoms with van der Waals surface area (Å²) in [6.45, 7) is 0. The second-order valence-corrected chi connectivity index (χ2v) is 4.04. The number of halogens is 1. The third-order valence-electron chi connectivity index (χ3n) is 2.69. The predicted octanol–water partition coefficient (Wildman–Crippen LogP) is 1.56. The summed E-state index contributed by atoms with van der Waals surface area (Å²) in [5, 5.41) is 2.98. The Kier molecular flexibility index (Phi) is 4.60. The van der Waals surface area contributed by atoms with E-state index in [0.717, 1.165) is 11.1 Å². The van der Waals surface area contributed by atoms with Crippen molar-refractivity contribution in [2.45, 2.75) is 0 Å². The molecular weight excluding hydrogens is 275 g/mol. The van der Waals surface area contributed by atoms with Gasteiger partial charge < -0.3 is 0 Å². The van der Waals surface area contributed by atoms with Crippen molar-refractivity contribution in [3.8, 4) is 0 Å². The van der Waals surface area contributed by atoms with Crippen LogP contribution in [0.5, 0.6) is 0 Å². The Morgan fingerprint density at radius 3 is 2.24 bits per heavy atom. The number of nitrogens with zero attached hydrogens (tertiary/aromatic N) is 1. The number of hydrogen-bond donors (Lipinski definition) is 3. The number of rotatable bonds is 3. The van der Waals surface area contributed by atoms with Gasteiger partial charge in [-0.2, -0.15) is 5.53 Å². The van der Waals surface area contributed by atoms with Gasteiger partial charge in [-0.05, 0) is 24.3 Å². The Morgan fingerprint density at radius 2 is 1.62 bits per heavy atom. The van der Waals surface area contributed by atoms with E-state index in [4.69, 9.17) is 5.84 Å². The van der Waals surface area contributed by atoms with Crippen LogP contribution in [0.25, 0.3) is 0 Å². The van der Waals surface area contributed by atoms with Gasteiger partial charge in [0.25, 0.3) is 5.91 Å². The van der Waals surface area contributed by atoms with Crippen LogP contribution in [0.15, 0.2) is 54.6 Å². The molecule has 2 rings (SSSR count). The highest BCUT2D eigenvalue weighted by molar-refractivity contribution is 6.08. The Labute approximate surface area is 120 Å². The summed E-state index contributed by atoms with van der Waals surface area (Å²) in [5.74, 6) is 3.71. The van der Waals surface area contributed by atoms with E-state index >= 15 is 0 Å². The fourth-order valence-corrected chi connectivity index (χ4v) is 1.69. The van der Waals surface area contributed by atoms with Crippen molar-refractivity contribution in [3.05, 3.63) is 66.0 Å². The Balaban J connectivity index is 2.13. The van der Waals surface area contributed by atoms with Gasteiger partial charge in [-0.25, -0.2) is 14.2 Å². The molecule has 0 aromatic heterocycles. The van der Waals surface area contributed by atoms with Crippen molar-refractivity contribution >= 4 is 17.6 Å². The van der Waals surface area contributed by atoms with Gasteiger partial charge in [0.2, 0.25) is 0 Å². The quantitative estimate of drug-likeness (QED) is 0.591. The average Bonchev–Trinajstić information content (AvgIpc) is 2.49. The first-order valence-electron chi connectivity index (χ1n) is 6.04. The number of urea groups is 1. The molecule has 0 heterocycles. The highest BCUT2D eigenvalue weighted by Crippen LogP contribution is 2.11. The first-order chi connectivity index (χ1) is 10.1. The van der Waals surface area contributed by atoms with Crippen LogP contribution in [0.2, 0.25) is 0 Å². The summed E-state index contributed by atoms with van der Waals surface area (Å²) in [6, 6.07) is 12.9. The molecule has 0 aliphatic carbocycles. The Hall–Kier alpha value is -2.77. The number of amides is 3. The number of carbonyl (C=O) groups excluding carboxylic acids is 2. The van der Waals surface area contributed by atoms with E-state index < -0.39 is 17.8 Å². The molecular formula is C14H13FN4O2. The van der Waals surface area contributed by atoms with Crippen LogP contribution in [0, 0.1) is 5.82 Å². The summed E-state index contributed by atoms with van der Waals surface area (Å²) in [5.41, 5.74) is 2.37. The molecule has 21 heavy (non-hydrogen) atoms. The summed E-state index contributed by atoms with van der Waals surface area (Å²) in [7, 11) is 0. The van der Waals surface area contributed by atoms with E-state index in [1.807, 2.05) is 0 Å². The molecule has 0 saturated heterocycles. The van der Waals surface area contributed by atoms with Gasteiger partial charge in [-0.3, -0.25) is 16.0 Å². The Bertz CT molecular complexity index is 648. The van der Waals surface area contributed by atoms with Crippen molar-refractivity contribution in [3.63, 3.8) is 0 Å². The van der Waals surface area contributed by atoms with Gasteiger partial charge in [-0.1, -0.05) is 30.3 Å². The summed E-state index contributed by atoms with van der Waals surface area (Å²) in [4.78, 5) is 23.9. The summed E-state index contributed by atoms with van der Waals surface area (Å²) in [6.07, 6.45) is 0. The first kappa shape index (κ1) is 14.6. The number of para-hydroxylation sites is 1. The standard InChI is InChI=1S/C14H13FN4O2/c15-12-9-5-4-8-11(12)13(20)17-14(21)19(18-16)10-6-2-1-3-7-10/h1-9,18H,16H2,(H,17,20,21). The summed E-state index contributed by atoms with van der Waals surface area (Å²) >= 11 is 0. The topological polar surface area (TPSA) is 87.5 Å². The van der Waals surface area contributed by atoms with Crippen LogP contribution in [-0.4, -0.2) is 11.9 Å². The van der Waals surface area contributed by atoms with Crippen LogP contribution in [-0.2, 0) is 0 Å². The van der Waals surface area contributed by atoms with Crippen molar-refractivity contribution < 1.29 is 14.0 Å². The zero-order chi connectivity index (χ0) is 15.2. The third kappa shape index (κ3) is 3.41. The van der Waals surface area contributed by atoms with E-state index in [9.17, 15) is 14.0 Å². The highest BCUT2D eigenvalue weighted by atomic mass is 19.1. The van der Waals surface area contributed by atoms with E-state index in [0.29, 0.717) is 5.69 Å². The predicted molar refractivity (Wildman–Crippen MR) is 75.5 cm³/mol. The SMILES string of the molecule is NNN(C(=O)NC(=O)c1ccccc1F)c1ccccc1. The minimum Gasteiger partial charge on any atom is -0.272 e. The van der Waals surface area contributed by atoms with Crippen LogP contribution in [0.1, 0.15) is 10.4 Å². The number of hydrogen-bond acceptors (Lipinski definition) is 4. The lowest BCUT2D eigenvalue weighted by atomic mass is 10.2. The maximum Gasteiger partial charge on any atom is 0.344 e. The van der Waals surface area contributed by atoms with E-state index in [1.54, 1.807) is 30.3 Å². The minimum absolute atomic E-state index is 0.226. The second-order valence-electron chi connectivity index (χ2n) is 4.04. The number of nitrogens with two attached hydrogens (primary N) is 1. The molecule has 2 aromatic rings. The van der Waals surface area contributed by atoms with Crippen LogP contribution >= 0.6 is 0 Å². The molecule has 0 aliphatic heterocycles. The fourth-order valence-electron chi connectivity index (χ4n) is 1.69. The van der Waals surface area contributed by atoms with Crippen LogP contribution < -0.4 is 21.7 Å². The van der Waals surface area contributed by atoms with Crippen molar-refractivity contribution in [2.24, 2.45) is 5.84 Å². The van der Waals surface area contributed by atoms with Gasteiger partial charge in [0.05, 0.1) is 11.3 Å². The first-order valence-corrected chi connectivity index (χ1v) is 6.04. The molecule has 6 nitrogen and oxygen atoms in total. The number of benzene rings is 2. The third-order valence-corrected chi connectivity index (χ3v) is 2.69. The smallest absolute Gasteiger partial charge is 0.272 e. The number of anilines is 1. The highest BCUT2D eigenvalue weighted by Gasteiger charge is 2.19. The van der Waals surface area contributed by atoms with Gasteiger partial charge >= 0.3 is 6.03 Å². The molecule has 4 N–H and O–H groups in total. The molecule has 0 saturated carbocycles. The maximum atomic E-state index is 13.5. The molecule has 0 bridgehead atoms. The van der Waals surface area contributed by atoms with E-state index in [2.05, 4.69) is 10.9 Å². The van der Waals surface area contributed by atoms with Crippen molar-refractivity contribution in [2.75, 3.05) is 5.01 Å². The molecule has 0 atom stereocenters. The van der Waals surface area contributed by atoms with E-state index in [-0.39, 0.29) is 5.56 Å². The maximum absolute atomic E-state index is 13.5. The zero-order valence-corrected chi connectivity index (χ0v) is 10.9. The molecule has 0 unspecified atom stereocenters. The Morgan fingerprint density at radius 1 is 1.00 bits per heavy atom. The number of hydrazine groups is 2. The normalized spacial score (nSPS) is 10.0. The zero-order valence-electron chi connectivity index (χ0n) is 10.9. The van der Waals surface area contributed by atoms with Gasteiger partial charge in [0.1, 0.15) is 5.82 Å². The van der Waals surface area contributed by atoms with Crippen LogP contribution in [0.3, 0.4) is 0 Å². The lowest BCUT2D eigenvalue weighted by Gasteiger charge is -2.20. The molecule has 3 amide bonds. The van der Waals surface area contributed by atoms with Gasteiger partial charge in [-0.15, -0.1) is 0 Å². The molecule has 2 aromatic carbocycles. The lowest BCUT2D eigenvalue weighted by molar-refractivity contribution is 0.0961. The lowest BCUT2D eigenvalue weighted by Crippen LogP contribution is -2.53. The van der Waals surface area contributed by atoms with Gasteiger partial charge in [0.15, 0.2) is 0 Å². The van der Waals surface area contributed by atoms with Crippen LogP contribution in [0.4, 0.5) is 14.9 Å². The second kappa shape index (κ2) is 6.60. The molecule has 0 radical (unpaired) electrons. The molecule has 0 fully saturated rings. The van der Waals surface area contributed by atoms with Gasteiger partial charge in [0, 0.05) is 0 Å².